The molecule has 0 aliphatic carbocycles. The lowest BCUT2D eigenvalue weighted by Crippen LogP contribution is -2.26. The average Bonchev–Trinajstić information content (AvgIpc) is 2.59. The number of carbonyl (C=O) groups is 2. The smallest absolute Gasteiger partial charge is 0.238 e. The van der Waals surface area contributed by atoms with Crippen molar-refractivity contribution in [2.45, 2.75) is 24.2 Å². The van der Waals surface area contributed by atoms with Gasteiger partial charge in [0.2, 0.25) is 15.9 Å². The largest absolute Gasteiger partial charge is 0.356 e. The second kappa shape index (κ2) is 8.93. The molecule has 0 aromatic heterocycles. The van der Waals surface area contributed by atoms with Gasteiger partial charge in [-0.15, -0.1) is 0 Å². The molecule has 2 aromatic rings. The first-order chi connectivity index (χ1) is 12.3. The maximum atomic E-state index is 12.0. The van der Waals surface area contributed by atoms with E-state index in [0.29, 0.717) is 23.6 Å². The Morgan fingerprint density at radius 3 is 2.35 bits per heavy atom. The zero-order chi connectivity index (χ0) is 19.2. The minimum absolute atomic E-state index is 0.0461. The second-order valence-electron chi connectivity index (χ2n) is 5.72. The van der Waals surface area contributed by atoms with Crippen molar-refractivity contribution in [1.82, 2.24) is 5.32 Å². The number of amides is 1. The van der Waals surface area contributed by atoms with E-state index in [1.165, 1.54) is 12.1 Å². The van der Waals surface area contributed by atoms with Crippen LogP contribution in [0.15, 0.2) is 53.4 Å². The number of hydrogen-bond acceptors (Lipinski definition) is 4. The van der Waals surface area contributed by atoms with E-state index in [9.17, 15) is 18.0 Å². The number of sulfonamides is 1. The molecule has 8 heteroatoms. The number of rotatable bonds is 8. The van der Waals surface area contributed by atoms with Gasteiger partial charge in [0.25, 0.3) is 0 Å². The van der Waals surface area contributed by atoms with E-state index >= 15 is 0 Å². The lowest BCUT2D eigenvalue weighted by Gasteiger charge is -2.06. The molecule has 0 saturated heterocycles. The van der Waals surface area contributed by atoms with E-state index < -0.39 is 10.0 Å². The normalized spacial score (nSPS) is 11.2. The summed E-state index contributed by atoms with van der Waals surface area (Å²) >= 11 is 5.84. The highest BCUT2D eigenvalue weighted by Gasteiger charge is 2.10. The van der Waals surface area contributed by atoms with Crippen LogP contribution in [0, 0.1) is 0 Å². The number of hydrogen-bond donors (Lipinski definition) is 2. The van der Waals surface area contributed by atoms with Crippen molar-refractivity contribution in [3.63, 3.8) is 0 Å². The summed E-state index contributed by atoms with van der Waals surface area (Å²) in [4.78, 5) is 23.9. The van der Waals surface area contributed by atoms with Crippen LogP contribution in [0.5, 0.6) is 0 Å². The SMILES string of the molecule is NS(=O)(=O)c1ccc(CCNC(=O)CCC(=O)c2cccc(Cl)c2)cc1. The summed E-state index contributed by atoms with van der Waals surface area (Å²) in [7, 11) is -3.70. The van der Waals surface area contributed by atoms with E-state index in [-0.39, 0.29) is 29.4 Å². The minimum Gasteiger partial charge on any atom is -0.356 e. The molecule has 0 saturated carbocycles. The van der Waals surface area contributed by atoms with Crippen LogP contribution < -0.4 is 10.5 Å². The molecule has 0 radical (unpaired) electrons. The first-order valence-electron chi connectivity index (χ1n) is 7.93. The fourth-order valence-corrected chi connectivity index (χ4v) is 3.02. The highest BCUT2D eigenvalue weighted by Crippen LogP contribution is 2.13. The highest BCUT2D eigenvalue weighted by molar-refractivity contribution is 7.89. The molecular formula is C18H19ClN2O4S. The van der Waals surface area contributed by atoms with Gasteiger partial charge in [0.15, 0.2) is 5.78 Å². The zero-order valence-corrected chi connectivity index (χ0v) is 15.5. The van der Waals surface area contributed by atoms with Crippen molar-refractivity contribution in [2.75, 3.05) is 6.54 Å². The number of benzene rings is 2. The number of Topliss-reactive ketones (excluding diaryl/α,β-unsaturated/α-hetero) is 1. The first-order valence-corrected chi connectivity index (χ1v) is 9.85. The van der Waals surface area contributed by atoms with Crippen molar-refractivity contribution >= 4 is 33.3 Å². The summed E-state index contributed by atoms with van der Waals surface area (Å²) in [5.74, 6) is -0.359. The van der Waals surface area contributed by atoms with E-state index in [0.717, 1.165) is 5.56 Å². The molecule has 6 nitrogen and oxygen atoms in total. The predicted octanol–water partition coefficient (Wildman–Crippen LogP) is 2.31. The molecule has 0 fully saturated rings. The Labute approximate surface area is 157 Å². The number of nitrogens with two attached hydrogens (primary N) is 1. The maximum absolute atomic E-state index is 12.0. The molecule has 2 aromatic carbocycles. The van der Waals surface area contributed by atoms with Gasteiger partial charge in [0, 0.05) is 30.0 Å². The van der Waals surface area contributed by atoms with Crippen LogP contribution >= 0.6 is 11.6 Å². The van der Waals surface area contributed by atoms with Gasteiger partial charge >= 0.3 is 0 Å². The van der Waals surface area contributed by atoms with Crippen LogP contribution in [0.3, 0.4) is 0 Å². The standard InChI is InChI=1S/C18H19ClN2O4S/c19-15-3-1-2-14(12-15)17(22)8-9-18(23)21-11-10-13-4-6-16(7-5-13)26(20,24)25/h1-7,12H,8-11H2,(H,21,23)(H2,20,24,25). The molecule has 1 amide bonds. The van der Waals surface area contributed by atoms with Crippen molar-refractivity contribution in [2.24, 2.45) is 5.14 Å². The zero-order valence-electron chi connectivity index (χ0n) is 13.9. The van der Waals surface area contributed by atoms with Crippen LogP contribution in [0.25, 0.3) is 0 Å². The second-order valence-corrected chi connectivity index (χ2v) is 7.72. The fourth-order valence-electron chi connectivity index (χ4n) is 2.31. The quantitative estimate of drug-likeness (QED) is 0.670. The van der Waals surface area contributed by atoms with E-state index in [2.05, 4.69) is 5.32 Å². The molecule has 0 bridgehead atoms. The molecule has 0 aliphatic heterocycles. The Balaban J connectivity index is 1.74. The number of primary sulfonamides is 1. The molecule has 138 valence electrons. The van der Waals surface area contributed by atoms with E-state index in [1.54, 1.807) is 36.4 Å². The monoisotopic (exact) mass is 394 g/mol. The van der Waals surface area contributed by atoms with Gasteiger partial charge < -0.3 is 5.32 Å². The molecule has 0 atom stereocenters. The third-order valence-corrected chi connectivity index (χ3v) is 4.88. The average molecular weight is 395 g/mol. The fraction of sp³-hybridized carbons (Fsp3) is 0.222. The van der Waals surface area contributed by atoms with Gasteiger partial charge in [0.1, 0.15) is 0 Å². The molecule has 3 N–H and O–H groups in total. The third-order valence-electron chi connectivity index (χ3n) is 3.71. The summed E-state index contributed by atoms with van der Waals surface area (Å²) in [6, 6.07) is 12.8. The van der Waals surface area contributed by atoms with Crippen LogP contribution in [-0.4, -0.2) is 26.7 Å². The summed E-state index contributed by atoms with van der Waals surface area (Å²) in [6.07, 6.45) is 0.740. The van der Waals surface area contributed by atoms with Crippen LogP contribution in [-0.2, 0) is 21.2 Å². The topological polar surface area (TPSA) is 106 Å². The molecule has 0 heterocycles. The summed E-state index contributed by atoms with van der Waals surface area (Å²) in [6.45, 7) is 0.388. The summed E-state index contributed by atoms with van der Waals surface area (Å²) in [5.41, 5.74) is 1.35. The van der Waals surface area contributed by atoms with Gasteiger partial charge in [-0.3, -0.25) is 9.59 Å². The van der Waals surface area contributed by atoms with Gasteiger partial charge in [-0.05, 0) is 36.2 Å². The Kier molecular flexibility index (Phi) is 6.90. The Morgan fingerprint density at radius 2 is 1.73 bits per heavy atom. The molecule has 0 unspecified atom stereocenters. The van der Waals surface area contributed by atoms with Gasteiger partial charge in [-0.25, -0.2) is 13.6 Å². The lowest BCUT2D eigenvalue weighted by molar-refractivity contribution is -0.121. The number of carbonyl (C=O) groups excluding carboxylic acids is 2. The van der Waals surface area contributed by atoms with Crippen molar-refractivity contribution in [3.05, 3.63) is 64.7 Å². The Hall–Kier alpha value is -2.22. The molecule has 26 heavy (non-hydrogen) atoms. The van der Waals surface area contributed by atoms with Gasteiger partial charge in [0.05, 0.1) is 4.90 Å². The first kappa shape index (κ1) is 20.1. The summed E-state index contributed by atoms with van der Waals surface area (Å²) < 4.78 is 22.4. The maximum Gasteiger partial charge on any atom is 0.238 e. The Bertz CT molecular complexity index is 896. The number of halogens is 1. The van der Waals surface area contributed by atoms with Crippen molar-refractivity contribution in [1.29, 1.82) is 0 Å². The van der Waals surface area contributed by atoms with Crippen molar-refractivity contribution < 1.29 is 18.0 Å². The number of nitrogens with one attached hydrogen (secondary N) is 1. The minimum atomic E-state index is -3.70. The number of ketones is 1. The van der Waals surface area contributed by atoms with Gasteiger partial charge in [-0.2, -0.15) is 0 Å². The predicted molar refractivity (Wildman–Crippen MR) is 99.5 cm³/mol. The van der Waals surface area contributed by atoms with E-state index in [4.69, 9.17) is 16.7 Å². The molecular weight excluding hydrogens is 376 g/mol. The van der Waals surface area contributed by atoms with Crippen LogP contribution in [0.2, 0.25) is 5.02 Å². The molecule has 0 spiro atoms. The van der Waals surface area contributed by atoms with Crippen molar-refractivity contribution in [3.8, 4) is 0 Å². The van der Waals surface area contributed by atoms with E-state index in [1.807, 2.05) is 0 Å². The summed E-state index contributed by atoms with van der Waals surface area (Å²) in [5, 5.41) is 8.25. The van der Waals surface area contributed by atoms with Gasteiger partial charge in [-0.1, -0.05) is 35.9 Å². The van der Waals surface area contributed by atoms with Crippen LogP contribution in [0.1, 0.15) is 28.8 Å². The Morgan fingerprint density at radius 1 is 1.04 bits per heavy atom. The van der Waals surface area contributed by atoms with Crippen LogP contribution in [0.4, 0.5) is 0 Å². The molecule has 2 rings (SSSR count). The lowest BCUT2D eigenvalue weighted by atomic mass is 10.1. The third kappa shape index (κ3) is 6.25. The highest BCUT2D eigenvalue weighted by atomic mass is 35.5. The molecule has 0 aliphatic rings.